The molecule has 0 atom stereocenters. The van der Waals surface area contributed by atoms with E-state index in [9.17, 15) is 9.59 Å². The van der Waals surface area contributed by atoms with Crippen molar-refractivity contribution >= 4 is 34.5 Å². The number of hydrogen-bond acceptors (Lipinski definition) is 7. The van der Waals surface area contributed by atoms with E-state index in [4.69, 9.17) is 10.8 Å². The molecule has 4 aromatic rings. The van der Waals surface area contributed by atoms with E-state index in [1.165, 1.54) is 24.7 Å². The molecule has 1 aliphatic carbocycles. The van der Waals surface area contributed by atoms with Crippen LogP contribution in [0.25, 0.3) is 22.3 Å². The monoisotopic (exact) mass is 484 g/mol. The van der Waals surface area contributed by atoms with Gasteiger partial charge in [0.25, 0.3) is 11.8 Å². The molecule has 0 bridgehead atoms. The highest BCUT2D eigenvalue weighted by Crippen LogP contribution is 2.38. The van der Waals surface area contributed by atoms with Gasteiger partial charge in [-0.25, -0.2) is 24.0 Å². The summed E-state index contributed by atoms with van der Waals surface area (Å²) in [5.41, 5.74) is 7.36. The molecule has 5 rings (SSSR count). The van der Waals surface area contributed by atoms with E-state index in [-0.39, 0.29) is 29.4 Å². The van der Waals surface area contributed by atoms with E-state index in [2.05, 4.69) is 37.4 Å². The lowest BCUT2D eigenvalue weighted by Gasteiger charge is -2.35. The lowest BCUT2D eigenvalue weighted by molar-refractivity contribution is -0.117. The summed E-state index contributed by atoms with van der Waals surface area (Å²) in [6, 6.07) is 9.19. The van der Waals surface area contributed by atoms with Crippen LogP contribution in [0.2, 0.25) is 0 Å². The number of nitrogen functional groups attached to an aromatic ring is 1. The summed E-state index contributed by atoms with van der Waals surface area (Å²) >= 11 is 0. The second kappa shape index (κ2) is 9.42. The van der Waals surface area contributed by atoms with Gasteiger partial charge in [-0.05, 0) is 50.0 Å². The second-order valence-corrected chi connectivity index (χ2v) is 8.29. The van der Waals surface area contributed by atoms with Crippen molar-refractivity contribution in [1.29, 1.82) is 0 Å². The number of nitrogens with one attached hydrogen (secondary N) is 2. The molecule has 4 N–H and O–H groups in total. The molecule has 0 radical (unpaired) electrons. The Hall–Kier alpha value is -4.85. The normalized spacial score (nSPS) is 16.5. The first-order valence-electron chi connectivity index (χ1n) is 11.2. The Morgan fingerprint density at radius 2 is 2.00 bits per heavy atom. The molecule has 0 aliphatic heterocycles. The molecule has 11 heteroatoms. The minimum Gasteiger partial charge on any atom is -0.383 e. The minimum absolute atomic E-state index is 0.0282. The van der Waals surface area contributed by atoms with Gasteiger partial charge in [-0.2, -0.15) is 5.10 Å². The predicted octanol–water partition coefficient (Wildman–Crippen LogP) is 2.70. The summed E-state index contributed by atoms with van der Waals surface area (Å²) < 4.78 is 16.8. The Morgan fingerprint density at radius 1 is 1.17 bits per heavy atom. The third-order valence-corrected chi connectivity index (χ3v) is 5.94. The Morgan fingerprint density at radius 3 is 2.72 bits per heavy atom. The van der Waals surface area contributed by atoms with Crippen LogP contribution in [0, 0.1) is 17.7 Å². The predicted molar refractivity (Wildman–Crippen MR) is 131 cm³/mol. The first kappa shape index (κ1) is 22.9. The average Bonchev–Trinajstić information content (AvgIpc) is 3.22. The number of fused-ring (bicyclic) bond motifs is 1. The van der Waals surface area contributed by atoms with Gasteiger partial charge in [-0.3, -0.25) is 9.59 Å². The molecule has 10 nitrogen and oxygen atoms in total. The van der Waals surface area contributed by atoms with Crippen molar-refractivity contribution in [2.75, 3.05) is 11.1 Å². The Kier molecular flexibility index (Phi) is 6.00. The number of benzene rings is 1. The summed E-state index contributed by atoms with van der Waals surface area (Å²) in [6.07, 6.45) is 4.15. The maximum atomic E-state index is 15.0. The van der Waals surface area contributed by atoms with Crippen LogP contribution in [0.5, 0.6) is 0 Å². The van der Waals surface area contributed by atoms with Gasteiger partial charge in [-0.15, -0.1) is 0 Å². The highest BCUT2D eigenvalue weighted by Gasteiger charge is 2.34. The lowest BCUT2D eigenvalue weighted by atomic mass is 9.87. The van der Waals surface area contributed by atoms with Crippen molar-refractivity contribution in [3.05, 3.63) is 60.3 Å². The van der Waals surface area contributed by atoms with E-state index in [0.717, 1.165) is 0 Å². The summed E-state index contributed by atoms with van der Waals surface area (Å²) in [7, 11) is 0. The van der Waals surface area contributed by atoms with Gasteiger partial charge >= 0.3 is 0 Å². The lowest BCUT2D eigenvalue weighted by Crippen LogP contribution is -2.44. The van der Waals surface area contributed by atoms with E-state index >= 15 is 4.39 Å². The van der Waals surface area contributed by atoms with E-state index < -0.39 is 11.7 Å². The number of anilines is 2. The molecule has 0 saturated heterocycles. The third-order valence-electron chi connectivity index (χ3n) is 5.94. The number of carbonyl (C=O) groups is 2. The smallest absolute Gasteiger partial charge is 0.296 e. The SMILES string of the molecule is CC#CC(=O)NC1CC(n2nc(-c3ccc(C(=O)Nc4ccccn4)c(F)c3)c3c(N)ncnc32)C1. The number of nitrogens with zero attached hydrogens (tertiary/aromatic N) is 5. The number of aromatic nitrogens is 5. The number of rotatable bonds is 5. The molecular formula is C25H21FN8O2. The van der Waals surface area contributed by atoms with E-state index in [0.29, 0.717) is 41.0 Å². The molecule has 36 heavy (non-hydrogen) atoms. The fourth-order valence-corrected chi connectivity index (χ4v) is 4.16. The number of carbonyl (C=O) groups excluding carboxylic acids is 2. The molecule has 1 saturated carbocycles. The zero-order chi connectivity index (χ0) is 25.2. The molecule has 1 aromatic carbocycles. The topological polar surface area (TPSA) is 141 Å². The first-order chi connectivity index (χ1) is 17.4. The number of halogens is 1. The van der Waals surface area contributed by atoms with Gasteiger partial charge in [0.15, 0.2) is 5.65 Å². The molecule has 180 valence electrons. The molecule has 2 amide bonds. The zero-order valence-electron chi connectivity index (χ0n) is 19.2. The summed E-state index contributed by atoms with van der Waals surface area (Å²) in [4.78, 5) is 36.7. The number of pyridine rings is 1. The van der Waals surface area contributed by atoms with Crippen LogP contribution < -0.4 is 16.4 Å². The Labute approximate surface area is 205 Å². The van der Waals surface area contributed by atoms with Crippen LogP contribution >= 0.6 is 0 Å². The highest BCUT2D eigenvalue weighted by molar-refractivity contribution is 6.05. The largest absolute Gasteiger partial charge is 0.383 e. The molecule has 3 heterocycles. The fourth-order valence-electron chi connectivity index (χ4n) is 4.16. The molecule has 0 unspecified atom stereocenters. The maximum Gasteiger partial charge on any atom is 0.296 e. The quantitative estimate of drug-likeness (QED) is 0.370. The van der Waals surface area contributed by atoms with Crippen LogP contribution in [0.4, 0.5) is 16.0 Å². The Balaban J connectivity index is 1.43. The van der Waals surface area contributed by atoms with Gasteiger partial charge in [0.2, 0.25) is 0 Å². The highest BCUT2D eigenvalue weighted by atomic mass is 19.1. The standard InChI is InChI=1S/C25H21FN8O2/c1-2-5-20(35)31-15-11-16(12-15)34-24-21(23(27)29-13-30-24)22(33-34)14-7-8-17(18(26)10-14)25(36)32-19-6-3-4-9-28-19/h3-4,6-10,13,15-16H,11-12H2,1H3,(H,31,35)(H2,27,29,30)(H,28,32,36). The van der Waals surface area contributed by atoms with Crippen molar-refractivity contribution in [1.82, 2.24) is 30.0 Å². The first-order valence-corrected chi connectivity index (χ1v) is 11.2. The van der Waals surface area contributed by atoms with Crippen molar-refractivity contribution in [3.8, 4) is 23.1 Å². The number of amides is 2. The van der Waals surface area contributed by atoms with Crippen LogP contribution in [-0.2, 0) is 4.79 Å². The van der Waals surface area contributed by atoms with E-state index in [1.54, 1.807) is 35.9 Å². The van der Waals surface area contributed by atoms with Crippen molar-refractivity contribution in [2.24, 2.45) is 0 Å². The summed E-state index contributed by atoms with van der Waals surface area (Å²) in [5.74, 6) is 3.91. The average molecular weight is 484 g/mol. The molecule has 1 aliphatic rings. The van der Waals surface area contributed by atoms with Crippen LogP contribution in [0.1, 0.15) is 36.2 Å². The number of nitrogens with two attached hydrogens (primary N) is 1. The fraction of sp³-hybridized carbons (Fsp3) is 0.200. The molecule has 0 spiro atoms. The van der Waals surface area contributed by atoms with Crippen molar-refractivity contribution in [3.63, 3.8) is 0 Å². The zero-order valence-corrected chi connectivity index (χ0v) is 19.2. The molecular weight excluding hydrogens is 463 g/mol. The maximum absolute atomic E-state index is 15.0. The van der Waals surface area contributed by atoms with Crippen molar-refractivity contribution < 1.29 is 14.0 Å². The third kappa shape index (κ3) is 4.32. The van der Waals surface area contributed by atoms with Crippen LogP contribution in [0.15, 0.2) is 48.9 Å². The van der Waals surface area contributed by atoms with Crippen LogP contribution in [0.3, 0.4) is 0 Å². The van der Waals surface area contributed by atoms with Gasteiger partial charge in [0, 0.05) is 17.8 Å². The summed E-state index contributed by atoms with van der Waals surface area (Å²) in [5, 5.41) is 10.6. The van der Waals surface area contributed by atoms with Gasteiger partial charge in [-0.1, -0.05) is 18.1 Å². The molecule has 1 fully saturated rings. The summed E-state index contributed by atoms with van der Waals surface area (Å²) in [6.45, 7) is 1.60. The van der Waals surface area contributed by atoms with Crippen LogP contribution in [-0.4, -0.2) is 42.6 Å². The number of hydrogen-bond donors (Lipinski definition) is 3. The Bertz CT molecular complexity index is 1530. The van der Waals surface area contributed by atoms with Crippen molar-refractivity contribution in [2.45, 2.75) is 31.8 Å². The molecule has 3 aromatic heterocycles. The van der Waals surface area contributed by atoms with Gasteiger partial charge in [0.1, 0.15) is 29.5 Å². The second-order valence-electron chi connectivity index (χ2n) is 8.29. The van der Waals surface area contributed by atoms with Gasteiger partial charge < -0.3 is 16.4 Å². The van der Waals surface area contributed by atoms with Gasteiger partial charge in [0.05, 0.1) is 17.0 Å². The van der Waals surface area contributed by atoms with E-state index in [1.807, 2.05) is 0 Å². The minimum atomic E-state index is -0.720.